The van der Waals surface area contributed by atoms with Gasteiger partial charge >= 0.3 is 0 Å². The molecule has 0 bridgehead atoms. The summed E-state index contributed by atoms with van der Waals surface area (Å²) in [6, 6.07) is 12.8. The minimum Gasteiger partial charge on any atom is -0.495 e. The van der Waals surface area contributed by atoms with Crippen LogP contribution in [0.2, 0.25) is 0 Å². The molecule has 0 saturated heterocycles. The average Bonchev–Trinajstić information content (AvgIpc) is 2.50. The molecule has 0 amide bonds. The summed E-state index contributed by atoms with van der Waals surface area (Å²) in [5, 5.41) is 3.33. The van der Waals surface area contributed by atoms with Crippen molar-refractivity contribution in [3.8, 4) is 5.75 Å². The zero-order valence-corrected chi connectivity index (χ0v) is 12.4. The number of pyridine rings is 1. The van der Waals surface area contributed by atoms with Gasteiger partial charge in [-0.2, -0.15) is 0 Å². The van der Waals surface area contributed by atoms with E-state index in [0.29, 0.717) is 0 Å². The van der Waals surface area contributed by atoms with Crippen LogP contribution in [0.25, 0.3) is 0 Å². The molecular weight excluding hydrogens is 248 g/mol. The van der Waals surface area contributed by atoms with Crippen molar-refractivity contribution >= 4 is 0 Å². The fraction of sp³-hybridized carbons (Fsp3) is 0.353. The third-order valence-corrected chi connectivity index (χ3v) is 3.54. The average molecular weight is 270 g/mol. The minimum atomic E-state index is 0.201. The molecule has 1 atom stereocenters. The van der Waals surface area contributed by atoms with E-state index in [0.717, 1.165) is 24.3 Å². The molecule has 0 fully saturated rings. The molecule has 1 unspecified atom stereocenters. The number of methoxy groups -OCH3 is 1. The molecular formula is C17H22N2O. The quantitative estimate of drug-likeness (QED) is 0.874. The number of benzene rings is 1. The highest BCUT2D eigenvalue weighted by Crippen LogP contribution is 2.25. The Hall–Kier alpha value is -1.87. The molecule has 0 radical (unpaired) electrons. The van der Waals surface area contributed by atoms with Gasteiger partial charge in [0.15, 0.2) is 0 Å². The maximum atomic E-state index is 5.39. The molecule has 106 valence electrons. The monoisotopic (exact) mass is 270 g/mol. The Labute approximate surface area is 121 Å². The molecule has 1 heterocycles. The zero-order valence-electron chi connectivity index (χ0n) is 12.4. The van der Waals surface area contributed by atoms with Gasteiger partial charge in [0.1, 0.15) is 5.75 Å². The summed E-state index contributed by atoms with van der Waals surface area (Å²) in [5.41, 5.74) is 3.63. The first-order valence-corrected chi connectivity index (χ1v) is 6.96. The van der Waals surface area contributed by atoms with Crippen LogP contribution in [0.5, 0.6) is 5.75 Å². The van der Waals surface area contributed by atoms with E-state index >= 15 is 0 Å². The topological polar surface area (TPSA) is 34.2 Å². The summed E-state index contributed by atoms with van der Waals surface area (Å²) in [6.45, 7) is 2.11. The van der Waals surface area contributed by atoms with Crippen molar-refractivity contribution in [1.29, 1.82) is 0 Å². The third kappa shape index (κ3) is 3.58. The molecule has 2 rings (SSSR count). The standard InChI is InChI=1S/C17H22N2O/c1-13-6-8-14(9-7-13)10-11-15(18-2)17-16(20-3)5-4-12-19-17/h4-9,12,15,18H,10-11H2,1-3H3. The first-order valence-electron chi connectivity index (χ1n) is 6.96. The highest BCUT2D eigenvalue weighted by atomic mass is 16.5. The van der Waals surface area contributed by atoms with Crippen LogP contribution in [0.3, 0.4) is 0 Å². The first kappa shape index (κ1) is 14.5. The van der Waals surface area contributed by atoms with Crippen LogP contribution in [-0.2, 0) is 6.42 Å². The molecule has 0 aliphatic heterocycles. The van der Waals surface area contributed by atoms with Crippen LogP contribution in [0.4, 0.5) is 0 Å². The lowest BCUT2D eigenvalue weighted by atomic mass is 10.0. The molecule has 1 aromatic carbocycles. The lowest BCUT2D eigenvalue weighted by Gasteiger charge is -2.18. The number of aryl methyl sites for hydroxylation is 2. The number of aromatic nitrogens is 1. The summed E-state index contributed by atoms with van der Waals surface area (Å²) in [7, 11) is 3.65. The van der Waals surface area contributed by atoms with Gasteiger partial charge in [0, 0.05) is 6.20 Å². The molecule has 0 spiro atoms. The Morgan fingerprint density at radius 3 is 2.60 bits per heavy atom. The van der Waals surface area contributed by atoms with E-state index in [-0.39, 0.29) is 6.04 Å². The van der Waals surface area contributed by atoms with Crippen LogP contribution in [0.1, 0.15) is 29.3 Å². The van der Waals surface area contributed by atoms with E-state index in [2.05, 4.69) is 41.5 Å². The van der Waals surface area contributed by atoms with Gasteiger partial charge in [-0.3, -0.25) is 4.98 Å². The Bertz CT molecular complexity index is 537. The van der Waals surface area contributed by atoms with E-state index in [1.54, 1.807) is 7.11 Å². The number of hydrogen-bond donors (Lipinski definition) is 1. The Balaban J connectivity index is 2.07. The SMILES string of the molecule is CNC(CCc1ccc(C)cc1)c1ncccc1OC. The van der Waals surface area contributed by atoms with Crippen LogP contribution >= 0.6 is 0 Å². The van der Waals surface area contributed by atoms with E-state index in [1.165, 1.54) is 11.1 Å². The van der Waals surface area contributed by atoms with Gasteiger partial charge in [-0.15, -0.1) is 0 Å². The molecule has 0 aliphatic carbocycles. The molecule has 20 heavy (non-hydrogen) atoms. The molecule has 3 nitrogen and oxygen atoms in total. The van der Waals surface area contributed by atoms with Crippen molar-refractivity contribution in [2.75, 3.05) is 14.2 Å². The smallest absolute Gasteiger partial charge is 0.141 e. The van der Waals surface area contributed by atoms with Crippen molar-refractivity contribution in [3.05, 3.63) is 59.4 Å². The minimum absolute atomic E-state index is 0.201. The summed E-state index contributed by atoms with van der Waals surface area (Å²) < 4.78 is 5.39. The normalized spacial score (nSPS) is 12.2. The maximum absolute atomic E-state index is 5.39. The van der Waals surface area contributed by atoms with Gasteiger partial charge in [-0.25, -0.2) is 0 Å². The van der Waals surface area contributed by atoms with Crippen molar-refractivity contribution < 1.29 is 4.74 Å². The summed E-state index contributed by atoms with van der Waals surface area (Å²) in [5.74, 6) is 0.843. The number of nitrogens with zero attached hydrogens (tertiary/aromatic N) is 1. The second kappa shape index (κ2) is 7.06. The van der Waals surface area contributed by atoms with Gasteiger partial charge in [0.05, 0.1) is 18.8 Å². The highest BCUT2D eigenvalue weighted by molar-refractivity contribution is 5.30. The number of ether oxygens (including phenoxy) is 1. The van der Waals surface area contributed by atoms with Gasteiger partial charge in [0.2, 0.25) is 0 Å². The largest absolute Gasteiger partial charge is 0.495 e. The predicted molar refractivity (Wildman–Crippen MR) is 82.1 cm³/mol. The number of nitrogens with one attached hydrogen (secondary N) is 1. The van der Waals surface area contributed by atoms with Crippen molar-refractivity contribution in [2.24, 2.45) is 0 Å². The molecule has 0 saturated carbocycles. The van der Waals surface area contributed by atoms with Gasteiger partial charge < -0.3 is 10.1 Å². The van der Waals surface area contributed by atoms with E-state index in [1.807, 2.05) is 25.4 Å². The van der Waals surface area contributed by atoms with E-state index in [4.69, 9.17) is 4.74 Å². The van der Waals surface area contributed by atoms with Crippen molar-refractivity contribution in [3.63, 3.8) is 0 Å². The van der Waals surface area contributed by atoms with Crippen LogP contribution in [0.15, 0.2) is 42.6 Å². The van der Waals surface area contributed by atoms with Crippen molar-refractivity contribution in [1.82, 2.24) is 10.3 Å². The van der Waals surface area contributed by atoms with Crippen LogP contribution < -0.4 is 10.1 Å². The second-order valence-electron chi connectivity index (χ2n) is 4.96. The predicted octanol–water partition coefficient (Wildman–Crippen LogP) is 3.29. The number of hydrogen-bond acceptors (Lipinski definition) is 3. The Morgan fingerprint density at radius 2 is 1.95 bits per heavy atom. The molecule has 1 aromatic heterocycles. The Kier molecular flexibility index (Phi) is 5.13. The van der Waals surface area contributed by atoms with E-state index in [9.17, 15) is 0 Å². The Morgan fingerprint density at radius 1 is 1.20 bits per heavy atom. The first-order chi connectivity index (χ1) is 9.74. The van der Waals surface area contributed by atoms with Gasteiger partial charge in [-0.1, -0.05) is 29.8 Å². The fourth-order valence-electron chi connectivity index (χ4n) is 2.32. The summed E-state index contributed by atoms with van der Waals surface area (Å²) in [6.07, 6.45) is 3.83. The zero-order chi connectivity index (χ0) is 14.4. The molecule has 0 aliphatic rings. The lowest BCUT2D eigenvalue weighted by molar-refractivity contribution is 0.393. The maximum Gasteiger partial charge on any atom is 0.141 e. The van der Waals surface area contributed by atoms with Gasteiger partial charge in [-0.05, 0) is 44.5 Å². The fourth-order valence-corrected chi connectivity index (χ4v) is 2.32. The third-order valence-electron chi connectivity index (χ3n) is 3.54. The van der Waals surface area contributed by atoms with E-state index < -0.39 is 0 Å². The summed E-state index contributed by atoms with van der Waals surface area (Å²) >= 11 is 0. The molecule has 2 aromatic rings. The van der Waals surface area contributed by atoms with Gasteiger partial charge in [0.25, 0.3) is 0 Å². The van der Waals surface area contributed by atoms with Crippen LogP contribution in [0, 0.1) is 6.92 Å². The lowest BCUT2D eigenvalue weighted by Crippen LogP contribution is -2.19. The highest BCUT2D eigenvalue weighted by Gasteiger charge is 2.15. The second-order valence-corrected chi connectivity index (χ2v) is 4.96. The summed E-state index contributed by atoms with van der Waals surface area (Å²) in [4.78, 5) is 4.46. The van der Waals surface area contributed by atoms with Crippen molar-refractivity contribution in [2.45, 2.75) is 25.8 Å². The van der Waals surface area contributed by atoms with Crippen LogP contribution in [-0.4, -0.2) is 19.1 Å². The molecule has 3 heteroatoms. The number of rotatable bonds is 6. The molecule has 1 N–H and O–H groups in total.